The Kier molecular flexibility index (Phi) is 14.6. The van der Waals surface area contributed by atoms with Crippen molar-refractivity contribution in [1.82, 2.24) is 5.32 Å². The van der Waals surface area contributed by atoms with Crippen LogP contribution < -0.4 is 21.1 Å². The molecule has 0 radical (unpaired) electrons. The van der Waals surface area contributed by atoms with Crippen molar-refractivity contribution in [3.8, 4) is 5.75 Å². The second-order valence-electron chi connectivity index (χ2n) is 4.37. The lowest BCUT2D eigenvalue weighted by Crippen LogP contribution is -2.26. The van der Waals surface area contributed by atoms with E-state index in [1.807, 2.05) is 0 Å². The summed E-state index contributed by atoms with van der Waals surface area (Å²) in [6, 6.07) is 5.33. The van der Waals surface area contributed by atoms with E-state index in [-0.39, 0.29) is 30.7 Å². The first-order valence-corrected chi connectivity index (χ1v) is 7.09. The van der Waals surface area contributed by atoms with Crippen LogP contribution in [-0.4, -0.2) is 32.7 Å². The number of ether oxygens (including phenoxy) is 1. The Hall–Kier alpha value is -0.880. The van der Waals surface area contributed by atoms with Gasteiger partial charge >= 0.3 is 0 Å². The minimum atomic E-state index is 0. The summed E-state index contributed by atoms with van der Waals surface area (Å²) >= 11 is 5.93. The molecule has 1 aromatic rings. The van der Waals surface area contributed by atoms with Crippen molar-refractivity contribution in [3.05, 3.63) is 23.2 Å². The molecule has 0 aromatic heterocycles. The third kappa shape index (κ3) is 9.20. The lowest BCUT2D eigenvalue weighted by atomic mass is 10.2. The maximum absolute atomic E-state index is 11.6. The van der Waals surface area contributed by atoms with Gasteiger partial charge in [-0.3, -0.25) is 4.79 Å². The average molecular weight is 373 g/mol. The Morgan fingerprint density at radius 2 is 2.00 bits per heavy atom. The summed E-state index contributed by atoms with van der Waals surface area (Å²) in [6.45, 7) is 1.86. The van der Waals surface area contributed by atoms with Crippen molar-refractivity contribution in [2.75, 3.05) is 32.1 Å². The SMILES string of the molecule is COc1ccc(Cl)cc1NCCC(=O)NCCCCN.Cl.Cl. The Balaban J connectivity index is 0. The maximum atomic E-state index is 11.6. The molecule has 0 heterocycles. The fraction of sp³-hybridized carbons (Fsp3) is 0.500. The van der Waals surface area contributed by atoms with Gasteiger partial charge in [0.05, 0.1) is 12.8 Å². The van der Waals surface area contributed by atoms with Crippen LogP contribution in [0, 0.1) is 0 Å². The first kappa shape index (κ1) is 23.4. The van der Waals surface area contributed by atoms with Gasteiger partial charge in [-0.2, -0.15) is 0 Å². The second kappa shape index (κ2) is 13.8. The van der Waals surface area contributed by atoms with Crippen molar-refractivity contribution in [3.63, 3.8) is 0 Å². The summed E-state index contributed by atoms with van der Waals surface area (Å²) < 4.78 is 5.22. The van der Waals surface area contributed by atoms with E-state index in [0.29, 0.717) is 36.8 Å². The van der Waals surface area contributed by atoms with Crippen LogP contribution in [0.5, 0.6) is 5.75 Å². The molecule has 0 saturated heterocycles. The number of unbranched alkanes of at least 4 members (excludes halogenated alkanes) is 1. The average Bonchev–Trinajstić information content (AvgIpc) is 2.44. The van der Waals surface area contributed by atoms with Crippen molar-refractivity contribution in [1.29, 1.82) is 0 Å². The number of halogens is 3. The quantitative estimate of drug-likeness (QED) is 0.583. The molecule has 0 saturated carbocycles. The molecule has 128 valence electrons. The zero-order chi connectivity index (χ0) is 14.8. The summed E-state index contributed by atoms with van der Waals surface area (Å²) in [5.41, 5.74) is 6.17. The smallest absolute Gasteiger partial charge is 0.221 e. The number of hydrogen-bond donors (Lipinski definition) is 3. The first-order chi connectivity index (χ1) is 9.67. The summed E-state index contributed by atoms with van der Waals surface area (Å²) in [5, 5.41) is 6.62. The van der Waals surface area contributed by atoms with E-state index in [4.69, 9.17) is 22.1 Å². The van der Waals surface area contributed by atoms with Gasteiger partial charge < -0.3 is 21.1 Å². The maximum Gasteiger partial charge on any atom is 0.221 e. The first-order valence-electron chi connectivity index (χ1n) is 6.71. The van der Waals surface area contributed by atoms with Crippen LogP contribution in [0.2, 0.25) is 5.02 Å². The monoisotopic (exact) mass is 371 g/mol. The third-order valence-electron chi connectivity index (χ3n) is 2.78. The Bertz CT molecular complexity index is 434. The standard InChI is InChI=1S/C14H22ClN3O2.2ClH/c1-20-13-5-4-11(15)10-12(13)17-9-6-14(19)18-8-3-2-7-16;;/h4-5,10,17H,2-3,6-9,16H2,1H3,(H,18,19);2*1H. The number of hydrogen-bond acceptors (Lipinski definition) is 4. The van der Waals surface area contributed by atoms with Crippen LogP contribution in [0.4, 0.5) is 5.69 Å². The molecule has 0 aliphatic carbocycles. The molecule has 0 aliphatic heterocycles. The zero-order valence-electron chi connectivity index (χ0n) is 12.6. The fourth-order valence-electron chi connectivity index (χ4n) is 1.71. The largest absolute Gasteiger partial charge is 0.495 e. The van der Waals surface area contributed by atoms with Crippen LogP contribution in [0.3, 0.4) is 0 Å². The molecule has 0 bridgehead atoms. The molecular formula is C14H24Cl3N3O2. The third-order valence-corrected chi connectivity index (χ3v) is 3.02. The minimum absolute atomic E-state index is 0. The number of anilines is 1. The van der Waals surface area contributed by atoms with E-state index < -0.39 is 0 Å². The van der Waals surface area contributed by atoms with E-state index in [9.17, 15) is 4.79 Å². The molecule has 5 nitrogen and oxygen atoms in total. The minimum Gasteiger partial charge on any atom is -0.495 e. The van der Waals surface area contributed by atoms with Gasteiger partial charge in [0.1, 0.15) is 5.75 Å². The molecule has 0 fully saturated rings. The Morgan fingerprint density at radius 1 is 1.27 bits per heavy atom. The van der Waals surface area contributed by atoms with Crippen LogP contribution in [0.25, 0.3) is 0 Å². The lowest BCUT2D eigenvalue weighted by molar-refractivity contribution is -0.120. The molecule has 22 heavy (non-hydrogen) atoms. The van der Waals surface area contributed by atoms with E-state index in [0.717, 1.165) is 18.5 Å². The van der Waals surface area contributed by atoms with Gasteiger partial charge in [0.2, 0.25) is 5.91 Å². The molecule has 1 rings (SSSR count). The molecule has 1 amide bonds. The van der Waals surface area contributed by atoms with Crippen LogP contribution in [-0.2, 0) is 4.79 Å². The molecule has 0 unspecified atom stereocenters. The molecule has 0 aliphatic rings. The van der Waals surface area contributed by atoms with E-state index in [1.165, 1.54) is 0 Å². The Labute approximate surface area is 149 Å². The fourth-order valence-corrected chi connectivity index (χ4v) is 1.89. The number of carbonyl (C=O) groups is 1. The molecule has 0 spiro atoms. The summed E-state index contributed by atoms with van der Waals surface area (Å²) in [7, 11) is 1.60. The predicted molar refractivity (Wildman–Crippen MR) is 96.9 cm³/mol. The molecule has 0 atom stereocenters. The van der Waals surface area contributed by atoms with Gasteiger partial charge in [0.15, 0.2) is 0 Å². The van der Waals surface area contributed by atoms with Crippen molar-refractivity contribution in [2.45, 2.75) is 19.3 Å². The number of nitrogens with two attached hydrogens (primary N) is 1. The van der Waals surface area contributed by atoms with Gasteiger partial charge in [0, 0.05) is 24.5 Å². The van der Waals surface area contributed by atoms with Gasteiger partial charge in [-0.15, -0.1) is 24.8 Å². The van der Waals surface area contributed by atoms with Gasteiger partial charge in [-0.05, 0) is 37.6 Å². The van der Waals surface area contributed by atoms with E-state index >= 15 is 0 Å². The van der Waals surface area contributed by atoms with Crippen molar-refractivity contribution in [2.24, 2.45) is 5.73 Å². The van der Waals surface area contributed by atoms with Gasteiger partial charge in [-0.25, -0.2) is 0 Å². The lowest BCUT2D eigenvalue weighted by Gasteiger charge is -2.11. The number of rotatable bonds is 9. The Morgan fingerprint density at radius 3 is 2.64 bits per heavy atom. The summed E-state index contributed by atoms with van der Waals surface area (Å²) in [4.78, 5) is 11.6. The summed E-state index contributed by atoms with van der Waals surface area (Å²) in [6.07, 6.45) is 2.24. The number of nitrogens with one attached hydrogen (secondary N) is 2. The highest BCUT2D eigenvalue weighted by Crippen LogP contribution is 2.27. The van der Waals surface area contributed by atoms with E-state index in [1.54, 1.807) is 25.3 Å². The number of benzene rings is 1. The highest BCUT2D eigenvalue weighted by atomic mass is 35.5. The van der Waals surface area contributed by atoms with Crippen LogP contribution in [0.15, 0.2) is 18.2 Å². The van der Waals surface area contributed by atoms with Crippen molar-refractivity contribution >= 4 is 48.0 Å². The van der Waals surface area contributed by atoms with Gasteiger partial charge in [-0.1, -0.05) is 11.6 Å². The predicted octanol–water partition coefficient (Wildman–Crippen LogP) is 2.85. The molecular weight excluding hydrogens is 349 g/mol. The topological polar surface area (TPSA) is 76.4 Å². The zero-order valence-corrected chi connectivity index (χ0v) is 15.0. The number of amides is 1. The highest BCUT2D eigenvalue weighted by Gasteiger charge is 2.05. The van der Waals surface area contributed by atoms with Gasteiger partial charge in [0.25, 0.3) is 0 Å². The number of methoxy groups -OCH3 is 1. The molecule has 8 heteroatoms. The highest BCUT2D eigenvalue weighted by molar-refractivity contribution is 6.30. The van der Waals surface area contributed by atoms with Crippen LogP contribution in [0.1, 0.15) is 19.3 Å². The second-order valence-corrected chi connectivity index (χ2v) is 4.80. The number of carbonyl (C=O) groups excluding carboxylic acids is 1. The van der Waals surface area contributed by atoms with E-state index in [2.05, 4.69) is 10.6 Å². The molecule has 4 N–H and O–H groups in total. The van der Waals surface area contributed by atoms with Crippen molar-refractivity contribution < 1.29 is 9.53 Å². The molecule has 1 aromatic carbocycles. The van der Waals surface area contributed by atoms with Crippen LogP contribution >= 0.6 is 36.4 Å². The normalized spacial score (nSPS) is 9.23. The summed E-state index contributed by atoms with van der Waals surface area (Å²) in [5.74, 6) is 0.730.